The highest BCUT2D eigenvalue weighted by Gasteiger charge is 2.28. The molecule has 178 valence electrons. The van der Waals surface area contributed by atoms with Crippen molar-refractivity contribution in [3.05, 3.63) is 47.0 Å². The number of aryl methyl sites for hydroxylation is 1. The van der Waals surface area contributed by atoms with Gasteiger partial charge in [0.25, 0.3) is 0 Å². The highest BCUT2D eigenvalue weighted by atomic mass is 16.5. The number of aliphatic hydroxyl groups excluding tert-OH is 1. The van der Waals surface area contributed by atoms with E-state index >= 15 is 0 Å². The van der Waals surface area contributed by atoms with Gasteiger partial charge in [0, 0.05) is 5.56 Å². The van der Waals surface area contributed by atoms with Crippen LogP contribution in [0.1, 0.15) is 75.6 Å². The zero-order valence-electron chi connectivity index (χ0n) is 20.9. The fourth-order valence-electron chi connectivity index (χ4n) is 3.38. The van der Waals surface area contributed by atoms with Crippen LogP contribution in [0.15, 0.2) is 30.3 Å². The van der Waals surface area contributed by atoms with Crippen molar-refractivity contribution in [3.8, 4) is 23.0 Å². The molecule has 0 aliphatic carbocycles. The lowest BCUT2D eigenvalue weighted by Crippen LogP contribution is -2.32. The van der Waals surface area contributed by atoms with Gasteiger partial charge in [0.1, 0.15) is 17.5 Å². The molecule has 6 nitrogen and oxygen atoms in total. The summed E-state index contributed by atoms with van der Waals surface area (Å²) in [6.45, 7) is 12.1. The molecule has 0 amide bonds. The molecule has 0 spiro atoms. The number of carbonyl (C=O) groups excluding carboxylic acids is 1. The summed E-state index contributed by atoms with van der Waals surface area (Å²) in [5.74, 6) is 1.55. The average molecular weight is 447 g/mol. The summed E-state index contributed by atoms with van der Waals surface area (Å²) in [7, 11) is 4.47. The molecule has 0 saturated heterocycles. The molecule has 0 aromatic heterocycles. The Morgan fingerprint density at radius 3 is 2.03 bits per heavy atom. The van der Waals surface area contributed by atoms with E-state index in [1.54, 1.807) is 30.3 Å². The molecule has 3 rings (SSSR count). The molecular weight excluding hydrogens is 408 g/mol. The highest BCUT2D eigenvalue weighted by Crippen LogP contribution is 2.40. The maximum Gasteiger partial charge on any atom is 0.203 e. The Kier molecular flexibility index (Phi) is 10.5. The van der Waals surface area contributed by atoms with E-state index in [0.717, 1.165) is 24.2 Å². The number of carbonyl (C=O) groups is 1. The minimum atomic E-state index is -1.35. The topological polar surface area (TPSA) is 74.2 Å². The maximum absolute atomic E-state index is 12.9. The lowest BCUT2D eigenvalue weighted by Gasteiger charge is -2.32. The SMILES string of the molecule is CC.CC.COc1cc(C(O)C(=O)c2ccc3c(c2)CCC(C)(C)O3)cc(OC)c1OC. The van der Waals surface area contributed by atoms with Gasteiger partial charge in [-0.1, -0.05) is 27.7 Å². The number of ketones is 1. The molecule has 2 aromatic carbocycles. The van der Waals surface area contributed by atoms with E-state index in [2.05, 4.69) is 0 Å². The van der Waals surface area contributed by atoms with Crippen molar-refractivity contribution in [3.63, 3.8) is 0 Å². The van der Waals surface area contributed by atoms with Crippen LogP contribution in [0, 0.1) is 0 Å². The second-order valence-electron chi connectivity index (χ2n) is 7.41. The normalized spacial score (nSPS) is 14.2. The Labute approximate surface area is 192 Å². The van der Waals surface area contributed by atoms with E-state index in [4.69, 9.17) is 18.9 Å². The second kappa shape index (κ2) is 12.3. The summed E-state index contributed by atoms with van der Waals surface area (Å²) >= 11 is 0. The van der Waals surface area contributed by atoms with E-state index in [-0.39, 0.29) is 5.60 Å². The van der Waals surface area contributed by atoms with Crippen LogP contribution in [0.3, 0.4) is 0 Å². The number of ether oxygens (including phenoxy) is 4. The van der Waals surface area contributed by atoms with Crippen molar-refractivity contribution in [2.24, 2.45) is 0 Å². The summed E-state index contributed by atoms with van der Waals surface area (Å²) in [5.41, 5.74) is 1.56. The zero-order chi connectivity index (χ0) is 24.5. The van der Waals surface area contributed by atoms with Gasteiger partial charge in [-0.2, -0.15) is 0 Å². The predicted octanol–water partition coefficient (Wildman–Crippen LogP) is 5.78. The van der Waals surface area contributed by atoms with Crippen molar-refractivity contribution in [2.75, 3.05) is 21.3 Å². The quantitative estimate of drug-likeness (QED) is 0.567. The van der Waals surface area contributed by atoms with Gasteiger partial charge in [-0.15, -0.1) is 0 Å². The summed E-state index contributed by atoms with van der Waals surface area (Å²) in [5, 5.41) is 10.7. The largest absolute Gasteiger partial charge is 0.493 e. The number of aliphatic hydroxyl groups is 1. The molecule has 0 saturated carbocycles. The molecule has 1 atom stereocenters. The van der Waals surface area contributed by atoms with Crippen molar-refractivity contribution in [1.82, 2.24) is 0 Å². The molecule has 1 aliphatic heterocycles. The fraction of sp³-hybridized carbons (Fsp3) is 0.500. The van der Waals surface area contributed by atoms with Gasteiger partial charge in [0.15, 0.2) is 17.3 Å². The van der Waals surface area contributed by atoms with Gasteiger partial charge in [0.05, 0.1) is 21.3 Å². The Hall–Kier alpha value is -2.73. The van der Waals surface area contributed by atoms with Crippen LogP contribution >= 0.6 is 0 Å². The number of Topliss-reactive ketones (excluding diaryl/α,β-unsaturated/α-hetero) is 1. The van der Waals surface area contributed by atoms with Crippen LogP contribution < -0.4 is 18.9 Å². The summed E-state index contributed by atoms with van der Waals surface area (Å²) in [6, 6.07) is 8.44. The monoisotopic (exact) mass is 446 g/mol. The first kappa shape index (κ1) is 27.3. The first-order chi connectivity index (χ1) is 15.3. The summed E-state index contributed by atoms with van der Waals surface area (Å²) in [6.07, 6.45) is 0.337. The molecule has 0 bridgehead atoms. The standard InChI is InChI=1S/C22H26O6.2C2H6/c1-22(2)9-8-13-10-14(6-7-16(13)28-22)19(23)20(24)15-11-17(25-3)21(27-5)18(12-15)26-4;2*1-2/h6-7,10-12,20,24H,8-9H2,1-5H3;2*1-2H3. The van der Waals surface area contributed by atoms with Crippen molar-refractivity contribution in [1.29, 1.82) is 0 Å². The number of methoxy groups -OCH3 is 3. The van der Waals surface area contributed by atoms with E-state index in [9.17, 15) is 9.90 Å². The van der Waals surface area contributed by atoms with Crippen molar-refractivity contribution in [2.45, 2.75) is 66.1 Å². The third kappa shape index (κ3) is 6.16. The Balaban J connectivity index is 0.00000121. The van der Waals surface area contributed by atoms with Crippen LogP contribution in [0.5, 0.6) is 23.0 Å². The van der Waals surface area contributed by atoms with Gasteiger partial charge >= 0.3 is 0 Å². The molecule has 2 aromatic rings. The lowest BCUT2D eigenvalue weighted by molar-refractivity contribution is 0.0744. The smallest absolute Gasteiger partial charge is 0.203 e. The van der Waals surface area contributed by atoms with E-state index < -0.39 is 11.9 Å². The van der Waals surface area contributed by atoms with E-state index in [0.29, 0.717) is 28.4 Å². The number of rotatable bonds is 6. The number of hydrogen-bond donors (Lipinski definition) is 1. The summed E-state index contributed by atoms with van der Waals surface area (Å²) in [4.78, 5) is 12.9. The molecule has 1 heterocycles. The molecule has 6 heteroatoms. The van der Waals surface area contributed by atoms with E-state index in [1.165, 1.54) is 21.3 Å². The van der Waals surface area contributed by atoms with Gasteiger partial charge in [0.2, 0.25) is 5.75 Å². The van der Waals surface area contributed by atoms with Crippen LogP contribution in [0.25, 0.3) is 0 Å². The molecular formula is C26H38O6. The Morgan fingerprint density at radius 1 is 0.969 bits per heavy atom. The van der Waals surface area contributed by atoms with Gasteiger partial charge in [-0.25, -0.2) is 0 Å². The molecule has 1 aliphatic rings. The van der Waals surface area contributed by atoms with Crippen molar-refractivity contribution >= 4 is 5.78 Å². The minimum Gasteiger partial charge on any atom is -0.493 e. The zero-order valence-corrected chi connectivity index (χ0v) is 20.9. The fourth-order valence-corrected chi connectivity index (χ4v) is 3.38. The molecule has 1 unspecified atom stereocenters. The van der Waals surface area contributed by atoms with Crippen LogP contribution in [0.2, 0.25) is 0 Å². The molecule has 32 heavy (non-hydrogen) atoms. The predicted molar refractivity (Wildman–Crippen MR) is 128 cm³/mol. The first-order valence-electron chi connectivity index (χ1n) is 11.1. The average Bonchev–Trinajstić information content (AvgIpc) is 2.83. The summed E-state index contributed by atoms with van der Waals surface area (Å²) < 4.78 is 21.9. The third-order valence-electron chi connectivity index (χ3n) is 4.98. The Bertz CT molecular complexity index is 863. The van der Waals surface area contributed by atoms with Crippen LogP contribution in [-0.4, -0.2) is 37.8 Å². The van der Waals surface area contributed by atoms with Crippen molar-refractivity contribution < 1.29 is 28.8 Å². The van der Waals surface area contributed by atoms with Crippen LogP contribution in [0.4, 0.5) is 0 Å². The lowest BCUT2D eigenvalue weighted by atomic mass is 9.91. The number of benzene rings is 2. The van der Waals surface area contributed by atoms with Gasteiger partial charge in [-0.3, -0.25) is 4.79 Å². The second-order valence-corrected chi connectivity index (χ2v) is 7.41. The third-order valence-corrected chi connectivity index (χ3v) is 4.98. The van der Waals surface area contributed by atoms with E-state index in [1.807, 2.05) is 41.5 Å². The number of hydrogen-bond acceptors (Lipinski definition) is 6. The minimum absolute atomic E-state index is 0.214. The molecule has 0 radical (unpaired) electrons. The van der Waals surface area contributed by atoms with Gasteiger partial charge in [-0.05, 0) is 68.1 Å². The van der Waals surface area contributed by atoms with Gasteiger partial charge < -0.3 is 24.1 Å². The van der Waals surface area contributed by atoms with Crippen LogP contribution in [-0.2, 0) is 6.42 Å². The molecule has 1 N–H and O–H groups in total. The highest BCUT2D eigenvalue weighted by molar-refractivity contribution is 6.00. The number of fused-ring (bicyclic) bond motifs is 1. The maximum atomic E-state index is 12.9. The first-order valence-corrected chi connectivity index (χ1v) is 11.1. The molecule has 0 fully saturated rings. The Morgan fingerprint density at radius 2 is 1.53 bits per heavy atom.